The van der Waals surface area contributed by atoms with Crippen molar-refractivity contribution in [3.8, 4) is 0 Å². The number of likely N-dealkylation sites (tertiary alicyclic amines) is 1. The molecule has 0 aromatic heterocycles. The molecule has 2 amide bonds. The predicted molar refractivity (Wildman–Crippen MR) is 127 cm³/mol. The molecule has 1 aliphatic carbocycles. The first-order valence-corrected chi connectivity index (χ1v) is 13.9. The van der Waals surface area contributed by atoms with Gasteiger partial charge in [0, 0.05) is 29.3 Å². The maximum Gasteiger partial charge on any atom is 0.254 e. The Bertz CT molecular complexity index is 1360. The highest BCUT2D eigenvalue weighted by molar-refractivity contribution is 7.90. The minimum absolute atomic E-state index is 0.0316. The van der Waals surface area contributed by atoms with Crippen LogP contribution < -0.4 is 5.32 Å². The zero-order valence-electron chi connectivity index (χ0n) is 19.6. The maximum absolute atomic E-state index is 14.7. The van der Waals surface area contributed by atoms with Crippen molar-refractivity contribution in [3.63, 3.8) is 0 Å². The van der Waals surface area contributed by atoms with E-state index in [9.17, 15) is 26.8 Å². The van der Waals surface area contributed by atoms with Gasteiger partial charge in [-0.2, -0.15) is 0 Å². The molecule has 11 heteroatoms. The molecule has 1 unspecified atom stereocenters. The van der Waals surface area contributed by atoms with Gasteiger partial charge in [0.2, 0.25) is 5.91 Å². The number of ether oxygens (including phenoxy) is 1. The van der Waals surface area contributed by atoms with E-state index >= 15 is 0 Å². The number of piperidine rings is 1. The first-order valence-electron chi connectivity index (χ1n) is 11.6. The molecule has 192 valence electrons. The molecule has 36 heavy (non-hydrogen) atoms. The van der Waals surface area contributed by atoms with Crippen LogP contribution in [0.15, 0.2) is 35.2 Å². The lowest BCUT2D eigenvalue weighted by molar-refractivity contribution is -0.128. The van der Waals surface area contributed by atoms with Crippen molar-refractivity contribution in [2.45, 2.75) is 42.8 Å². The smallest absolute Gasteiger partial charge is 0.254 e. The molecular weight excluding hydrogens is 514 g/mol. The number of rotatable bonds is 6. The van der Waals surface area contributed by atoms with E-state index in [0.717, 1.165) is 24.8 Å². The number of hydrogen-bond donors (Lipinski definition) is 1. The number of benzene rings is 2. The fraction of sp³-hybridized carbons (Fsp3) is 0.440. The number of halogens is 3. The summed E-state index contributed by atoms with van der Waals surface area (Å²) in [5.74, 6) is -2.55. The summed E-state index contributed by atoms with van der Waals surface area (Å²) in [6.07, 6.45) is 2.28. The standard InChI is InChI=1S/C25H25ClF2N2O5S/c1-12-3-4-13(7-22(12)36(2,33)34)25(32)30-20-5-14(20)6-21(30)24(31)29-23(15-10-35-11-15)16-8-19(28)17(26)9-18(16)27/h3-4,7-9,14-15,20-21,23H,5-6,10-11H2,1-2H3,(H,29,31)/t14?,20-,21-,23-/m1/s1. The van der Waals surface area contributed by atoms with Crippen molar-refractivity contribution < 1.29 is 31.5 Å². The third-order valence-corrected chi connectivity index (χ3v) is 8.81. The van der Waals surface area contributed by atoms with Crippen LogP contribution in [-0.2, 0) is 19.4 Å². The van der Waals surface area contributed by atoms with Crippen LogP contribution in [0.2, 0.25) is 5.02 Å². The molecule has 2 aromatic rings. The van der Waals surface area contributed by atoms with Gasteiger partial charge >= 0.3 is 0 Å². The zero-order chi connectivity index (χ0) is 25.9. The van der Waals surface area contributed by atoms with Crippen molar-refractivity contribution in [2.24, 2.45) is 11.8 Å². The van der Waals surface area contributed by atoms with Crippen LogP contribution in [0.25, 0.3) is 0 Å². The van der Waals surface area contributed by atoms with Crippen molar-refractivity contribution in [1.82, 2.24) is 10.2 Å². The molecule has 2 aromatic carbocycles. The average Bonchev–Trinajstić information content (AvgIpc) is 3.43. The minimum atomic E-state index is -3.55. The third-order valence-electron chi connectivity index (χ3n) is 7.28. The Kier molecular flexibility index (Phi) is 6.33. The Morgan fingerprint density at radius 1 is 1.14 bits per heavy atom. The van der Waals surface area contributed by atoms with Crippen molar-refractivity contribution in [2.75, 3.05) is 19.5 Å². The van der Waals surface area contributed by atoms with E-state index in [1.54, 1.807) is 19.1 Å². The molecule has 2 heterocycles. The molecule has 1 N–H and O–H groups in total. The Labute approximate surface area is 212 Å². The summed E-state index contributed by atoms with van der Waals surface area (Å²) in [5.41, 5.74) is 0.675. The molecule has 1 saturated carbocycles. The quantitative estimate of drug-likeness (QED) is 0.569. The van der Waals surface area contributed by atoms with Gasteiger partial charge in [-0.05, 0) is 55.5 Å². The van der Waals surface area contributed by atoms with Crippen molar-refractivity contribution >= 4 is 33.3 Å². The largest absolute Gasteiger partial charge is 0.381 e. The molecule has 3 fully saturated rings. The molecule has 0 bridgehead atoms. The van der Waals surface area contributed by atoms with Crippen LogP contribution in [0.3, 0.4) is 0 Å². The molecule has 0 radical (unpaired) electrons. The lowest BCUT2D eigenvalue weighted by Crippen LogP contribution is -2.51. The molecule has 2 aliphatic heterocycles. The van der Waals surface area contributed by atoms with E-state index < -0.39 is 45.4 Å². The molecule has 2 saturated heterocycles. The van der Waals surface area contributed by atoms with Crippen LogP contribution in [0.4, 0.5) is 8.78 Å². The van der Waals surface area contributed by atoms with Gasteiger partial charge in [-0.1, -0.05) is 17.7 Å². The Morgan fingerprint density at radius 3 is 2.50 bits per heavy atom. The number of nitrogens with one attached hydrogen (secondary N) is 1. The number of nitrogens with zero attached hydrogens (tertiary/aromatic N) is 1. The SMILES string of the molecule is Cc1ccc(C(=O)N2[C@@H](C(=O)N[C@@H](c3cc(F)c(Cl)cc3F)C3COC3)CC3C[C@H]32)cc1S(C)(=O)=O. The molecule has 7 nitrogen and oxygen atoms in total. The van der Waals surface area contributed by atoms with Gasteiger partial charge in [0.05, 0.1) is 29.2 Å². The van der Waals surface area contributed by atoms with Crippen LogP contribution >= 0.6 is 11.6 Å². The van der Waals surface area contributed by atoms with Gasteiger partial charge < -0.3 is 15.0 Å². The maximum atomic E-state index is 14.7. The first-order chi connectivity index (χ1) is 17.0. The fourth-order valence-electron chi connectivity index (χ4n) is 5.19. The topological polar surface area (TPSA) is 92.8 Å². The van der Waals surface area contributed by atoms with Gasteiger partial charge in [-0.25, -0.2) is 17.2 Å². The van der Waals surface area contributed by atoms with E-state index in [2.05, 4.69) is 5.32 Å². The molecule has 3 aliphatic rings. The number of aryl methyl sites for hydroxylation is 1. The number of carbonyl (C=O) groups excluding carboxylic acids is 2. The number of carbonyl (C=O) groups is 2. The van der Waals surface area contributed by atoms with E-state index in [1.165, 1.54) is 11.0 Å². The molecule has 4 atom stereocenters. The van der Waals surface area contributed by atoms with E-state index in [-0.39, 0.29) is 52.1 Å². The lowest BCUT2D eigenvalue weighted by Gasteiger charge is -2.36. The van der Waals surface area contributed by atoms with Gasteiger partial charge in [-0.3, -0.25) is 9.59 Å². The molecular formula is C25H25ClF2N2O5S. The van der Waals surface area contributed by atoms with Crippen LogP contribution in [0.5, 0.6) is 0 Å². The van der Waals surface area contributed by atoms with Crippen molar-refractivity contribution in [1.29, 1.82) is 0 Å². The summed E-state index contributed by atoms with van der Waals surface area (Å²) in [5, 5.41) is 2.47. The normalized spacial score (nSPS) is 24.1. The fourth-order valence-corrected chi connectivity index (χ4v) is 6.33. The summed E-state index contributed by atoms with van der Waals surface area (Å²) in [6.45, 7) is 2.19. The number of hydrogen-bond acceptors (Lipinski definition) is 5. The second kappa shape index (κ2) is 9.08. The Balaban J connectivity index is 1.42. The highest BCUT2D eigenvalue weighted by Gasteiger charge is 2.56. The van der Waals surface area contributed by atoms with Crippen molar-refractivity contribution in [3.05, 3.63) is 63.7 Å². The van der Waals surface area contributed by atoms with Crippen LogP contribution in [0.1, 0.15) is 40.4 Å². The second-order valence-corrected chi connectivity index (χ2v) is 12.2. The highest BCUT2D eigenvalue weighted by atomic mass is 35.5. The van der Waals surface area contributed by atoms with E-state index in [0.29, 0.717) is 12.0 Å². The summed E-state index contributed by atoms with van der Waals surface area (Å²) < 4.78 is 58.4. The molecule has 0 spiro atoms. The van der Waals surface area contributed by atoms with E-state index in [1.807, 2.05) is 0 Å². The average molecular weight is 539 g/mol. The summed E-state index contributed by atoms with van der Waals surface area (Å²) in [4.78, 5) is 28.5. The molecule has 5 rings (SSSR count). The third kappa shape index (κ3) is 4.50. The Hall–Kier alpha value is -2.56. The van der Waals surface area contributed by atoms with Gasteiger partial charge in [-0.15, -0.1) is 0 Å². The summed E-state index contributed by atoms with van der Waals surface area (Å²) in [7, 11) is -3.55. The predicted octanol–water partition coefficient (Wildman–Crippen LogP) is 3.44. The summed E-state index contributed by atoms with van der Waals surface area (Å²) >= 11 is 5.70. The highest BCUT2D eigenvalue weighted by Crippen LogP contribution is 2.48. The minimum Gasteiger partial charge on any atom is -0.381 e. The van der Waals surface area contributed by atoms with Gasteiger partial charge in [0.15, 0.2) is 9.84 Å². The number of fused-ring (bicyclic) bond motifs is 1. The van der Waals surface area contributed by atoms with Crippen LogP contribution in [0, 0.1) is 30.4 Å². The number of amides is 2. The lowest BCUT2D eigenvalue weighted by atomic mass is 9.90. The van der Waals surface area contributed by atoms with E-state index in [4.69, 9.17) is 16.3 Å². The first kappa shape index (κ1) is 25.1. The van der Waals surface area contributed by atoms with Crippen LogP contribution in [-0.4, -0.2) is 56.7 Å². The summed E-state index contributed by atoms with van der Waals surface area (Å²) in [6, 6.07) is 4.54. The monoisotopic (exact) mass is 538 g/mol. The zero-order valence-corrected chi connectivity index (χ0v) is 21.2. The second-order valence-electron chi connectivity index (χ2n) is 9.85. The number of sulfone groups is 1. The Morgan fingerprint density at radius 2 is 1.86 bits per heavy atom. The van der Waals surface area contributed by atoms with Gasteiger partial charge in [0.25, 0.3) is 5.91 Å². The van der Waals surface area contributed by atoms with Gasteiger partial charge in [0.1, 0.15) is 17.7 Å².